The van der Waals surface area contributed by atoms with Gasteiger partial charge in [0.1, 0.15) is 0 Å². The smallest absolute Gasteiger partial charge is 0.0753 e. The van der Waals surface area contributed by atoms with Crippen LogP contribution in [0.2, 0.25) is 0 Å². The second-order valence-electron chi connectivity index (χ2n) is 2.65. The molecule has 0 amide bonds. The highest BCUT2D eigenvalue weighted by Crippen LogP contribution is 2.10. The van der Waals surface area contributed by atoms with Gasteiger partial charge in [-0.15, -0.1) is 0 Å². The second-order valence-corrected chi connectivity index (χ2v) is 2.65. The summed E-state index contributed by atoms with van der Waals surface area (Å²) < 4.78 is 1.81. The third-order valence-electron chi connectivity index (χ3n) is 1.77. The van der Waals surface area contributed by atoms with E-state index in [0.717, 1.165) is 5.69 Å². The van der Waals surface area contributed by atoms with E-state index in [4.69, 9.17) is 0 Å². The summed E-state index contributed by atoms with van der Waals surface area (Å²) in [5, 5.41) is 4.13. The highest BCUT2D eigenvalue weighted by atomic mass is 15.3. The Morgan fingerprint density at radius 2 is 2.33 bits per heavy atom. The van der Waals surface area contributed by atoms with Crippen molar-refractivity contribution in [3.63, 3.8) is 0 Å². The fraction of sp³-hybridized carbons (Fsp3) is 0.100. The molecule has 12 heavy (non-hydrogen) atoms. The Hall–Kier alpha value is -1.57. The number of para-hydroxylation sites is 1. The van der Waals surface area contributed by atoms with Gasteiger partial charge in [0.05, 0.1) is 5.69 Å². The number of hydrogen-bond acceptors (Lipinski definition) is 1. The Morgan fingerprint density at radius 1 is 1.42 bits per heavy atom. The van der Waals surface area contributed by atoms with Crippen molar-refractivity contribution in [2.75, 3.05) is 0 Å². The molecule has 1 radical (unpaired) electrons. The molecule has 0 saturated heterocycles. The molecule has 0 unspecified atom stereocenters. The molecule has 0 aliphatic heterocycles. The number of aromatic nitrogens is 2. The van der Waals surface area contributed by atoms with Gasteiger partial charge in [-0.1, -0.05) is 18.2 Å². The Balaban J connectivity index is 2.55. The lowest BCUT2D eigenvalue weighted by atomic mass is 10.2. The van der Waals surface area contributed by atoms with Crippen LogP contribution in [-0.4, -0.2) is 9.78 Å². The molecule has 0 fully saturated rings. The molecule has 1 aromatic carbocycles. The van der Waals surface area contributed by atoms with Crippen molar-refractivity contribution in [3.05, 3.63) is 48.3 Å². The first-order valence-corrected chi connectivity index (χ1v) is 3.85. The Kier molecular flexibility index (Phi) is 1.67. The standard InChI is InChI=1S/C10H9N2/c1-9-5-2-3-6-10(9)12-8-4-7-11-12/h2-5,7-8H,1H3. The molecule has 2 nitrogen and oxygen atoms in total. The van der Waals surface area contributed by atoms with Crippen LogP contribution in [0.4, 0.5) is 0 Å². The summed E-state index contributed by atoms with van der Waals surface area (Å²) in [6.07, 6.45) is 3.68. The van der Waals surface area contributed by atoms with E-state index in [2.05, 4.69) is 11.2 Å². The summed E-state index contributed by atoms with van der Waals surface area (Å²) >= 11 is 0. The minimum absolute atomic E-state index is 1.02. The molecule has 2 aromatic rings. The van der Waals surface area contributed by atoms with Gasteiger partial charge in [-0.05, 0) is 18.6 Å². The first-order chi connectivity index (χ1) is 5.88. The number of hydrogen-bond donors (Lipinski definition) is 0. The van der Waals surface area contributed by atoms with Crippen molar-refractivity contribution in [3.8, 4) is 5.69 Å². The van der Waals surface area contributed by atoms with Gasteiger partial charge < -0.3 is 0 Å². The van der Waals surface area contributed by atoms with Crippen LogP contribution in [0.3, 0.4) is 0 Å². The Morgan fingerprint density at radius 3 is 3.00 bits per heavy atom. The Labute approximate surface area is 71.5 Å². The van der Waals surface area contributed by atoms with E-state index in [1.807, 2.05) is 42.1 Å². The molecule has 0 bridgehead atoms. The zero-order valence-electron chi connectivity index (χ0n) is 6.86. The van der Waals surface area contributed by atoms with Gasteiger partial charge >= 0.3 is 0 Å². The third kappa shape index (κ3) is 1.11. The quantitative estimate of drug-likeness (QED) is 0.619. The topological polar surface area (TPSA) is 17.8 Å². The zero-order chi connectivity index (χ0) is 8.39. The van der Waals surface area contributed by atoms with E-state index in [0.29, 0.717) is 0 Å². The SMILES string of the molecule is Cc1ccc[c]c1-n1cccn1. The largest absolute Gasteiger partial charge is 0.240 e. The van der Waals surface area contributed by atoms with Crippen LogP contribution in [0, 0.1) is 13.0 Å². The molecule has 0 aliphatic rings. The summed E-state index contributed by atoms with van der Waals surface area (Å²) in [5.74, 6) is 0. The lowest BCUT2D eigenvalue weighted by Gasteiger charge is -2.03. The van der Waals surface area contributed by atoms with E-state index in [1.54, 1.807) is 6.20 Å². The van der Waals surface area contributed by atoms with Crippen molar-refractivity contribution in [1.29, 1.82) is 0 Å². The molecule has 2 heteroatoms. The van der Waals surface area contributed by atoms with Crippen molar-refractivity contribution in [1.82, 2.24) is 9.78 Å². The molecule has 0 atom stereocenters. The van der Waals surface area contributed by atoms with Crippen LogP contribution in [-0.2, 0) is 0 Å². The van der Waals surface area contributed by atoms with E-state index in [1.165, 1.54) is 5.56 Å². The third-order valence-corrected chi connectivity index (χ3v) is 1.77. The number of benzene rings is 1. The molecule has 0 N–H and O–H groups in total. The van der Waals surface area contributed by atoms with Crippen LogP contribution in [0.25, 0.3) is 5.69 Å². The second kappa shape index (κ2) is 2.81. The Bertz CT molecular complexity index is 363. The number of rotatable bonds is 1. The average molecular weight is 157 g/mol. The predicted octanol–water partition coefficient (Wildman–Crippen LogP) is 1.98. The minimum Gasteiger partial charge on any atom is -0.240 e. The van der Waals surface area contributed by atoms with Gasteiger partial charge in [0.15, 0.2) is 0 Å². The minimum atomic E-state index is 1.02. The van der Waals surface area contributed by atoms with Crippen molar-refractivity contribution in [2.45, 2.75) is 6.92 Å². The maximum absolute atomic E-state index is 4.13. The van der Waals surface area contributed by atoms with Gasteiger partial charge in [-0.2, -0.15) is 5.10 Å². The predicted molar refractivity (Wildman–Crippen MR) is 47.1 cm³/mol. The average Bonchev–Trinajstić information content (AvgIpc) is 2.57. The van der Waals surface area contributed by atoms with Crippen molar-refractivity contribution in [2.24, 2.45) is 0 Å². The van der Waals surface area contributed by atoms with Gasteiger partial charge in [-0.25, -0.2) is 4.68 Å². The molecule has 2 rings (SSSR count). The molecule has 0 aliphatic carbocycles. The van der Waals surface area contributed by atoms with E-state index in [-0.39, 0.29) is 0 Å². The summed E-state index contributed by atoms with van der Waals surface area (Å²) in [4.78, 5) is 0. The van der Waals surface area contributed by atoms with E-state index >= 15 is 0 Å². The zero-order valence-corrected chi connectivity index (χ0v) is 6.86. The molecular formula is C10H9N2. The first-order valence-electron chi connectivity index (χ1n) is 3.85. The van der Waals surface area contributed by atoms with Gasteiger partial charge in [-0.3, -0.25) is 0 Å². The lowest BCUT2D eigenvalue weighted by molar-refractivity contribution is 0.871. The molecule has 1 aromatic heterocycles. The van der Waals surface area contributed by atoms with Crippen LogP contribution < -0.4 is 0 Å². The summed E-state index contributed by atoms with van der Waals surface area (Å²) in [7, 11) is 0. The normalized spacial score (nSPS) is 10.1. The van der Waals surface area contributed by atoms with Crippen LogP contribution in [0.1, 0.15) is 5.56 Å². The maximum Gasteiger partial charge on any atom is 0.0753 e. The van der Waals surface area contributed by atoms with Crippen LogP contribution in [0.5, 0.6) is 0 Å². The molecule has 0 saturated carbocycles. The molecule has 0 spiro atoms. The highest BCUT2D eigenvalue weighted by molar-refractivity contribution is 5.37. The van der Waals surface area contributed by atoms with Crippen LogP contribution >= 0.6 is 0 Å². The molecule has 1 heterocycles. The molecular weight excluding hydrogens is 148 g/mol. The summed E-state index contributed by atoms with van der Waals surface area (Å²) in [5.41, 5.74) is 2.20. The fourth-order valence-electron chi connectivity index (χ4n) is 1.16. The summed E-state index contributed by atoms with van der Waals surface area (Å²) in [6, 6.07) is 11.0. The monoisotopic (exact) mass is 157 g/mol. The lowest BCUT2D eigenvalue weighted by Crippen LogP contribution is -1.96. The molecule has 59 valence electrons. The highest BCUT2D eigenvalue weighted by Gasteiger charge is 1.97. The van der Waals surface area contributed by atoms with Gasteiger partial charge in [0.25, 0.3) is 0 Å². The van der Waals surface area contributed by atoms with Gasteiger partial charge in [0, 0.05) is 18.5 Å². The van der Waals surface area contributed by atoms with E-state index < -0.39 is 0 Å². The number of aryl methyl sites for hydroxylation is 1. The number of nitrogens with zero attached hydrogens (tertiary/aromatic N) is 2. The van der Waals surface area contributed by atoms with Crippen molar-refractivity contribution >= 4 is 0 Å². The fourth-order valence-corrected chi connectivity index (χ4v) is 1.16. The van der Waals surface area contributed by atoms with Crippen molar-refractivity contribution < 1.29 is 0 Å². The van der Waals surface area contributed by atoms with E-state index in [9.17, 15) is 0 Å². The summed E-state index contributed by atoms with van der Waals surface area (Å²) in [6.45, 7) is 2.05. The van der Waals surface area contributed by atoms with Gasteiger partial charge in [0.2, 0.25) is 0 Å². The maximum atomic E-state index is 4.13. The van der Waals surface area contributed by atoms with Crippen LogP contribution in [0.15, 0.2) is 36.7 Å². The first kappa shape index (κ1) is 7.10.